The lowest BCUT2D eigenvalue weighted by Gasteiger charge is -2.32. The first-order chi connectivity index (χ1) is 21.1. The number of hydrogen-bond donors (Lipinski definition) is 4. The van der Waals surface area contributed by atoms with E-state index < -0.39 is 17.7 Å². The van der Waals surface area contributed by atoms with E-state index in [2.05, 4.69) is 25.8 Å². The van der Waals surface area contributed by atoms with E-state index in [4.69, 9.17) is 0 Å². The molecule has 11 heteroatoms. The van der Waals surface area contributed by atoms with Crippen LogP contribution >= 0.6 is 0 Å². The van der Waals surface area contributed by atoms with Gasteiger partial charge < -0.3 is 30.7 Å². The van der Waals surface area contributed by atoms with E-state index in [0.717, 1.165) is 24.3 Å². The van der Waals surface area contributed by atoms with E-state index in [-0.39, 0.29) is 30.0 Å². The van der Waals surface area contributed by atoms with Crippen LogP contribution in [0.1, 0.15) is 44.4 Å². The van der Waals surface area contributed by atoms with Crippen LogP contribution in [0.3, 0.4) is 0 Å². The number of aryl methyl sites for hydroxylation is 1. The summed E-state index contributed by atoms with van der Waals surface area (Å²) in [5.74, 6) is -2.85. The number of benzene rings is 2. The molecule has 0 radical (unpaired) electrons. The van der Waals surface area contributed by atoms with Gasteiger partial charge in [-0.15, -0.1) is 0 Å². The van der Waals surface area contributed by atoms with E-state index in [1.807, 2.05) is 25.8 Å². The predicted molar refractivity (Wildman–Crippen MR) is 166 cm³/mol. The van der Waals surface area contributed by atoms with Gasteiger partial charge in [-0.1, -0.05) is 18.2 Å². The van der Waals surface area contributed by atoms with Crippen LogP contribution in [-0.4, -0.2) is 84.6 Å². The highest BCUT2D eigenvalue weighted by molar-refractivity contribution is 6.35. The van der Waals surface area contributed by atoms with Crippen LogP contribution in [0.25, 0.3) is 11.6 Å². The number of anilines is 2. The maximum absolute atomic E-state index is 13.4. The molecule has 1 aromatic heterocycles. The number of aromatic amines is 1. The fourth-order valence-electron chi connectivity index (χ4n) is 6.21. The average Bonchev–Trinajstić information content (AvgIpc) is 3.46. The van der Waals surface area contributed by atoms with E-state index in [9.17, 15) is 23.6 Å². The van der Waals surface area contributed by atoms with Crippen molar-refractivity contribution >= 4 is 46.5 Å². The smallest absolute Gasteiger partial charge is 0.256 e. The number of amides is 3. The number of carbonyl (C=O) groups excluding carboxylic acids is 4. The minimum Gasteiger partial charge on any atom is -0.358 e. The summed E-state index contributed by atoms with van der Waals surface area (Å²) in [6.45, 7) is 7.32. The van der Waals surface area contributed by atoms with Crippen LogP contribution in [0.5, 0.6) is 0 Å². The molecule has 2 fully saturated rings. The number of Topliss-reactive ketones (excluding diaryl/α,β-unsaturated/α-hetero) is 1. The second-order valence-electron chi connectivity index (χ2n) is 11.7. The summed E-state index contributed by atoms with van der Waals surface area (Å²) in [4.78, 5) is 60.1. The zero-order valence-corrected chi connectivity index (χ0v) is 24.9. The van der Waals surface area contributed by atoms with Crippen LogP contribution < -0.4 is 16.0 Å². The van der Waals surface area contributed by atoms with Gasteiger partial charge in [-0.2, -0.15) is 0 Å². The first-order valence-electron chi connectivity index (χ1n) is 14.8. The highest BCUT2D eigenvalue weighted by atomic mass is 19.1. The maximum Gasteiger partial charge on any atom is 0.256 e. The number of ketones is 1. The molecule has 2 atom stereocenters. The molecule has 10 nitrogen and oxygen atoms in total. The Morgan fingerprint density at radius 2 is 1.73 bits per heavy atom. The van der Waals surface area contributed by atoms with Gasteiger partial charge in [0.2, 0.25) is 5.91 Å². The molecule has 228 valence electrons. The summed E-state index contributed by atoms with van der Waals surface area (Å²) in [6, 6.07) is 10.8. The Morgan fingerprint density at radius 1 is 1.00 bits per heavy atom. The van der Waals surface area contributed by atoms with E-state index in [1.165, 1.54) is 12.1 Å². The number of H-pyrrole nitrogens is 1. The number of fused-ring (bicyclic) bond motifs is 1. The van der Waals surface area contributed by atoms with Crippen LogP contribution in [0.15, 0.2) is 42.5 Å². The average molecular weight is 599 g/mol. The van der Waals surface area contributed by atoms with Crippen molar-refractivity contribution in [3.05, 3.63) is 81.9 Å². The number of halogens is 1. The summed E-state index contributed by atoms with van der Waals surface area (Å²) < 4.78 is 13.4. The summed E-state index contributed by atoms with van der Waals surface area (Å²) in [6.07, 6.45) is 1.75. The molecule has 3 aromatic rings. The molecule has 4 N–H and O–H groups in total. The van der Waals surface area contributed by atoms with Gasteiger partial charge in [0.25, 0.3) is 11.8 Å². The quantitative estimate of drug-likeness (QED) is 0.264. The molecule has 3 amide bonds. The van der Waals surface area contributed by atoms with Gasteiger partial charge in [-0.05, 0) is 62.4 Å². The maximum atomic E-state index is 13.4. The first kappa shape index (κ1) is 29.5. The Kier molecular flexibility index (Phi) is 7.91. The number of nitrogens with one attached hydrogen (secondary N) is 4. The summed E-state index contributed by atoms with van der Waals surface area (Å²) >= 11 is 0. The number of piperidine rings is 1. The molecule has 0 spiro atoms. The number of aromatic nitrogens is 1. The third-order valence-electron chi connectivity index (χ3n) is 8.81. The molecule has 3 aliphatic heterocycles. The molecule has 3 aliphatic rings. The summed E-state index contributed by atoms with van der Waals surface area (Å²) in [7, 11) is 2.04. The number of nitrogens with zero attached hydrogens (tertiary/aromatic N) is 2. The van der Waals surface area contributed by atoms with E-state index >= 15 is 0 Å². The summed E-state index contributed by atoms with van der Waals surface area (Å²) in [5, 5.41) is 8.82. The lowest BCUT2D eigenvalue weighted by molar-refractivity contribution is -0.133. The Hall–Kier alpha value is -4.61. The molecular formula is C33H35FN6O4. The van der Waals surface area contributed by atoms with Crippen LogP contribution in [0, 0.1) is 25.6 Å². The molecule has 0 bridgehead atoms. The van der Waals surface area contributed by atoms with Crippen molar-refractivity contribution in [3.63, 3.8) is 0 Å². The van der Waals surface area contributed by atoms with E-state index in [0.29, 0.717) is 59.0 Å². The second-order valence-corrected chi connectivity index (χ2v) is 11.7. The number of rotatable bonds is 5. The first-order valence-corrected chi connectivity index (χ1v) is 14.8. The number of likely N-dealkylation sites (N-methyl/N-ethyl adjacent to an activating group) is 1. The third-order valence-corrected chi connectivity index (χ3v) is 8.81. The second kappa shape index (κ2) is 11.8. The predicted octanol–water partition coefficient (Wildman–Crippen LogP) is 3.16. The van der Waals surface area contributed by atoms with Gasteiger partial charge >= 0.3 is 0 Å². The molecule has 44 heavy (non-hydrogen) atoms. The normalized spacial score (nSPS) is 21.4. The number of piperazine rings is 1. The van der Waals surface area contributed by atoms with Crippen LogP contribution in [0.2, 0.25) is 0 Å². The van der Waals surface area contributed by atoms with Crippen molar-refractivity contribution < 1.29 is 23.6 Å². The lowest BCUT2D eigenvalue weighted by atomic mass is 9.83. The SMILES string of the molecule is Cc1[nH]c(/C=C2\C(=O)Nc3cc(NC(=O)C4CNCC(c5ccc(F)cc5)C4=O)ccc32)c(C)c1C(=O)N1CCN(C)CC1. The van der Waals surface area contributed by atoms with Crippen molar-refractivity contribution in [1.82, 2.24) is 20.1 Å². The van der Waals surface area contributed by atoms with Crippen LogP contribution in [-0.2, 0) is 14.4 Å². The molecule has 0 aliphatic carbocycles. The zero-order valence-electron chi connectivity index (χ0n) is 24.9. The zero-order chi connectivity index (χ0) is 31.1. The third kappa shape index (κ3) is 5.56. The van der Waals surface area contributed by atoms with Gasteiger partial charge in [0.15, 0.2) is 5.78 Å². The Morgan fingerprint density at radius 3 is 2.45 bits per heavy atom. The Balaban J connectivity index is 1.18. The van der Waals surface area contributed by atoms with Gasteiger partial charge in [0.1, 0.15) is 11.7 Å². The minimum atomic E-state index is -0.918. The largest absolute Gasteiger partial charge is 0.358 e. The molecule has 2 unspecified atom stereocenters. The van der Waals surface area contributed by atoms with Crippen molar-refractivity contribution in [2.75, 3.05) is 56.9 Å². The molecule has 6 rings (SSSR count). The monoisotopic (exact) mass is 598 g/mol. The molecule has 0 saturated carbocycles. The molecular weight excluding hydrogens is 563 g/mol. The molecule has 2 aromatic carbocycles. The lowest BCUT2D eigenvalue weighted by Crippen LogP contribution is -2.47. The van der Waals surface area contributed by atoms with Crippen molar-refractivity contribution in [1.29, 1.82) is 0 Å². The Labute approximate surface area is 254 Å². The van der Waals surface area contributed by atoms with Crippen molar-refractivity contribution in [2.45, 2.75) is 19.8 Å². The van der Waals surface area contributed by atoms with Gasteiger partial charge in [0.05, 0.1) is 22.7 Å². The Bertz CT molecular complexity index is 1690. The van der Waals surface area contributed by atoms with E-state index in [1.54, 1.807) is 36.4 Å². The fraction of sp³-hybridized carbons (Fsp3) is 0.333. The number of carbonyl (C=O) groups is 4. The van der Waals surface area contributed by atoms with Crippen LogP contribution in [0.4, 0.5) is 15.8 Å². The van der Waals surface area contributed by atoms with Crippen molar-refractivity contribution in [2.24, 2.45) is 5.92 Å². The van der Waals surface area contributed by atoms with Gasteiger partial charge in [-0.25, -0.2) is 4.39 Å². The topological polar surface area (TPSA) is 127 Å². The molecule has 2 saturated heterocycles. The van der Waals surface area contributed by atoms with Gasteiger partial charge in [-0.3, -0.25) is 19.2 Å². The summed E-state index contributed by atoms with van der Waals surface area (Å²) in [5.41, 5.74) is 5.60. The molecule has 4 heterocycles. The van der Waals surface area contributed by atoms with Gasteiger partial charge in [0, 0.05) is 61.9 Å². The fourth-order valence-corrected chi connectivity index (χ4v) is 6.21. The van der Waals surface area contributed by atoms with Crippen molar-refractivity contribution in [3.8, 4) is 0 Å². The highest BCUT2D eigenvalue weighted by Crippen LogP contribution is 2.36. The standard InChI is InChI=1S/C33H35FN6O4/c1-18-27(36-19(2)29(18)33(44)40-12-10-39(3)11-13-40)15-24-23-9-8-22(14-28(23)38-31(24)42)37-32(43)26-17-35-16-25(30(26)41)20-4-6-21(34)7-5-20/h4-9,14-15,25-26,35-36H,10-13,16-17H2,1-3H3,(H,37,43)(H,38,42)/b24-15-. The number of hydrogen-bond acceptors (Lipinski definition) is 6. The highest BCUT2D eigenvalue weighted by Gasteiger charge is 2.37. The minimum absolute atomic E-state index is 0.0127.